The van der Waals surface area contributed by atoms with Gasteiger partial charge in [0.1, 0.15) is 5.75 Å². The van der Waals surface area contributed by atoms with Crippen LogP contribution in [0.2, 0.25) is 0 Å². The first-order valence-corrected chi connectivity index (χ1v) is 9.43. The van der Waals surface area contributed by atoms with Gasteiger partial charge < -0.3 is 14.5 Å². The Hall–Kier alpha value is -2.86. The summed E-state index contributed by atoms with van der Waals surface area (Å²) in [6.45, 7) is 3.13. The van der Waals surface area contributed by atoms with Crippen LogP contribution in [0.15, 0.2) is 42.5 Å². The largest absolute Gasteiger partial charge is 0.497 e. The molecular formula is C22H27N3O3. The number of likely N-dealkylation sites (N-methyl/N-ethyl adjacent to an activating group) is 1. The molecule has 148 valence electrons. The monoisotopic (exact) mass is 381 g/mol. The van der Waals surface area contributed by atoms with E-state index in [0.29, 0.717) is 19.6 Å². The van der Waals surface area contributed by atoms with Crippen LogP contribution < -0.4 is 4.74 Å². The van der Waals surface area contributed by atoms with Crippen LogP contribution in [0.1, 0.15) is 5.56 Å². The van der Waals surface area contributed by atoms with E-state index in [1.165, 1.54) is 0 Å². The molecule has 0 radical (unpaired) electrons. The average Bonchev–Trinajstić information content (AvgIpc) is 2.71. The van der Waals surface area contributed by atoms with Gasteiger partial charge in [-0.25, -0.2) is 0 Å². The van der Waals surface area contributed by atoms with E-state index in [9.17, 15) is 9.59 Å². The van der Waals surface area contributed by atoms with Gasteiger partial charge in [0.15, 0.2) is 0 Å². The third kappa shape index (κ3) is 4.89. The zero-order valence-electron chi connectivity index (χ0n) is 16.7. The maximum atomic E-state index is 12.5. The Balaban J connectivity index is 1.57. The molecule has 6 heteroatoms. The third-order valence-electron chi connectivity index (χ3n) is 5.03. The van der Waals surface area contributed by atoms with Crippen LogP contribution in [-0.2, 0) is 9.59 Å². The SMILES string of the molecule is COc1ccc2cc(/C=C/C(=O)N3CCN(CC(=O)N(C)C)CC3)ccc2c1. The van der Waals surface area contributed by atoms with Crippen molar-refractivity contribution in [3.8, 4) is 5.75 Å². The van der Waals surface area contributed by atoms with Crippen molar-refractivity contribution < 1.29 is 14.3 Å². The molecule has 0 bridgehead atoms. The fourth-order valence-corrected chi connectivity index (χ4v) is 3.20. The van der Waals surface area contributed by atoms with Crippen molar-refractivity contribution in [1.29, 1.82) is 0 Å². The number of piperazine rings is 1. The Morgan fingerprint density at radius 2 is 1.71 bits per heavy atom. The van der Waals surface area contributed by atoms with Crippen LogP contribution in [0.5, 0.6) is 5.75 Å². The summed E-state index contributed by atoms with van der Waals surface area (Å²) >= 11 is 0. The molecule has 28 heavy (non-hydrogen) atoms. The number of amides is 2. The second-order valence-corrected chi connectivity index (χ2v) is 7.20. The number of carbonyl (C=O) groups excluding carboxylic acids is 2. The van der Waals surface area contributed by atoms with E-state index in [0.717, 1.165) is 35.2 Å². The first-order valence-electron chi connectivity index (χ1n) is 9.43. The molecule has 3 rings (SSSR count). The standard InChI is InChI=1S/C22H27N3O3/c1-23(2)22(27)16-24-10-12-25(13-11-24)21(26)9-5-17-4-6-19-15-20(28-3)8-7-18(19)14-17/h4-9,14-15H,10-13,16H2,1-3H3/b9-5+. The summed E-state index contributed by atoms with van der Waals surface area (Å²) < 4.78 is 5.25. The molecule has 2 aromatic carbocycles. The predicted molar refractivity (Wildman–Crippen MR) is 111 cm³/mol. The van der Waals surface area contributed by atoms with Crippen LogP contribution in [0.25, 0.3) is 16.8 Å². The highest BCUT2D eigenvalue weighted by Crippen LogP contribution is 2.22. The molecule has 2 aromatic rings. The maximum absolute atomic E-state index is 12.5. The molecule has 1 aliphatic heterocycles. The minimum atomic E-state index is 0.00779. The van der Waals surface area contributed by atoms with Crippen molar-refractivity contribution in [2.45, 2.75) is 0 Å². The van der Waals surface area contributed by atoms with Crippen LogP contribution in [0.4, 0.5) is 0 Å². The fraction of sp³-hybridized carbons (Fsp3) is 0.364. The van der Waals surface area contributed by atoms with Crippen molar-refractivity contribution in [3.63, 3.8) is 0 Å². The molecule has 1 fully saturated rings. The molecule has 2 amide bonds. The van der Waals surface area contributed by atoms with Crippen molar-refractivity contribution in [2.24, 2.45) is 0 Å². The molecule has 0 aliphatic carbocycles. The molecule has 0 aromatic heterocycles. The lowest BCUT2D eigenvalue weighted by molar-refractivity contribution is -0.131. The van der Waals surface area contributed by atoms with E-state index in [1.807, 2.05) is 41.3 Å². The minimum absolute atomic E-state index is 0.00779. The molecule has 6 nitrogen and oxygen atoms in total. The summed E-state index contributed by atoms with van der Waals surface area (Å²) in [5, 5.41) is 2.21. The van der Waals surface area contributed by atoms with E-state index in [2.05, 4.69) is 11.0 Å². The van der Waals surface area contributed by atoms with Crippen LogP contribution >= 0.6 is 0 Å². The molecule has 1 aliphatic rings. The van der Waals surface area contributed by atoms with Gasteiger partial charge in [0.25, 0.3) is 0 Å². The number of carbonyl (C=O) groups is 2. The highest BCUT2D eigenvalue weighted by atomic mass is 16.5. The Morgan fingerprint density at radius 1 is 1.04 bits per heavy atom. The van der Waals surface area contributed by atoms with Crippen molar-refractivity contribution >= 4 is 28.7 Å². The number of methoxy groups -OCH3 is 1. The molecule has 1 saturated heterocycles. The number of nitrogens with zero attached hydrogens (tertiary/aromatic N) is 3. The van der Waals surface area contributed by atoms with Crippen LogP contribution in [-0.4, -0.2) is 80.4 Å². The van der Waals surface area contributed by atoms with Gasteiger partial charge in [-0.3, -0.25) is 14.5 Å². The van der Waals surface area contributed by atoms with Gasteiger partial charge in [-0.2, -0.15) is 0 Å². The van der Waals surface area contributed by atoms with Gasteiger partial charge in [-0.05, 0) is 40.6 Å². The average molecular weight is 381 g/mol. The number of rotatable bonds is 5. The predicted octanol–water partition coefficient (Wildman–Crippen LogP) is 2.09. The third-order valence-corrected chi connectivity index (χ3v) is 5.03. The second-order valence-electron chi connectivity index (χ2n) is 7.20. The van der Waals surface area contributed by atoms with Crippen molar-refractivity contribution in [1.82, 2.24) is 14.7 Å². The van der Waals surface area contributed by atoms with Gasteiger partial charge in [0.05, 0.1) is 13.7 Å². The van der Waals surface area contributed by atoms with Gasteiger partial charge in [-0.15, -0.1) is 0 Å². The van der Waals surface area contributed by atoms with Crippen molar-refractivity contribution in [2.75, 3.05) is 53.9 Å². The maximum Gasteiger partial charge on any atom is 0.246 e. The molecule has 0 spiro atoms. The summed E-state index contributed by atoms with van der Waals surface area (Å²) in [6, 6.07) is 12.0. The summed E-state index contributed by atoms with van der Waals surface area (Å²) in [5.74, 6) is 0.930. The van der Waals surface area contributed by atoms with E-state index in [-0.39, 0.29) is 11.8 Å². The topological polar surface area (TPSA) is 53.1 Å². The first kappa shape index (κ1) is 19.9. The fourth-order valence-electron chi connectivity index (χ4n) is 3.20. The van der Waals surface area contributed by atoms with Crippen molar-refractivity contribution in [3.05, 3.63) is 48.0 Å². The molecule has 0 saturated carbocycles. The number of benzene rings is 2. The molecule has 0 unspecified atom stereocenters. The molecule has 0 N–H and O–H groups in total. The minimum Gasteiger partial charge on any atom is -0.497 e. The Kier molecular flexibility index (Phi) is 6.31. The number of fused-ring (bicyclic) bond motifs is 1. The van der Waals surface area contributed by atoms with E-state index in [4.69, 9.17) is 4.74 Å². The quantitative estimate of drug-likeness (QED) is 0.745. The van der Waals surface area contributed by atoms with Gasteiger partial charge in [0, 0.05) is 46.4 Å². The van der Waals surface area contributed by atoms with Gasteiger partial charge in [0.2, 0.25) is 11.8 Å². The van der Waals surface area contributed by atoms with Crippen LogP contribution in [0.3, 0.4) is 0 Å². The highest BCUT2D eigenvalue weighted by Gasteiger charge is 2.21. The lowest BCUT2D eigenvalue weighted by Crippen LogP contribution is -2.50. The lowest BCUT2D eigenvalue weighted by Gasteiger charge is -2.34. The van der Waals surface area contributed by atoms with E-state index in [1.54, 1.807) is 32.2 Å². The van der Waals surface area contributed by atoms with Crippen LogP contribution in [0, 0.1) is 0 Å². The molecular weight excluding hydrogens is 354 g/mol. The van der Waals surface area contributed by atoms with Gasteiger partial charge in [-0.1, -0.05) is 18.2 Å². The zero-order chi connectivity index (χ0) is 20.1. The summed E-state index contributed by atoms with van der Waals surface area (Å²) in [7, 11) is 5.18. The van der Waals surface area contributed by atoms with Gasteiger partial charge >= 0.3 is 0 Å². The second kappa shape index (κ2) is 8.89. The Morgan fingerprint density at radius 3 is 2.39 bits per heavy atom. The Labute approximate surface area is 166 Å². The molecule has 0 atom stereocenters. The summed E-state index contributed by atoms with van der Waals surface area (Å²) in [4.78, 5) is 29.8. The lowest BCUT2D eigenvalue weighted by atomic mass is 10.1. The Bertz CT molecular complexity index is 884. The summed E-state index contributed by atoms with van der Waals surface area (Å²) in [6.07, 6.45) is 3.49. The normalized spacial score (nSPS) is 15.2. The van der Waals surface area contributed by atoms with E-state index < -0.39 is 0 Å². The summed E-state index contributed by atoms with van der Waals surface area (Å²) in [5.41, 5.74) is 0.987. The number of hydrogen-bond acceptors (Lipinski definition) is 4. The number of ether oxygens (including phenoxy) is 1. The van der Waals surface area contributed by atoms with E-state index >= 15 is 0 Å². The molecule has 1 heterocycles. The first-order chi connectivity index (χ1) is 13.5. The highest BCUT2D eigenvalue weighted by molar-refractivity contribution is 5.93. The zero-order valence-corrected chi connectivity index (χ0v) is 16.7. The smallest absolute Gasteiger partial charge is 0.246 e. The number of hydrogen-bond donors (Lipinski definition) is 0.